The summed E-state index contributed by atoms with van der Waals surface area (Å²) < 4.78 is 0. The highest BCUT2D eigenvalue weighted by molar-refractivity contribution is 5.75. The molecule has 0 spiro atoms. The standard InChI is InChI=1S/C15H16O2/c1-9-4-6-12(7-5-9)13-8-10(2)11(3)14(16)15(13)17/h4-8,16-17H,1-3H3. The van der Waals surface area contributed by atoms with E-state index in [9.17, 15) is 10.2 Å². The molecule has 0 heterocycles. The van der Waals surface area contributed by atoms with Crippen molar-refractivity contribution in [2.75, 3.05) is 0 Å². The van der Waals surface area contributed by atoms with Crippen LogP contribution in [0.5, 0.6) is 11.5 Å². The van der Waals surface area contributed by atoms with Crippen molar-refractivity contribution in [2.24, 2.45) is 0 Å². The van der Waals surface area contributed by atoms with E-state index in [1.807, 2.05) is 44.2 Å². The Hall–Kier alpha value is -1.96. The Morgan fingerprint density at radius 2 is 1.41 bits per heavy atom. The van der Waals surface area contributed by atoms with E-state index in [0.717, 1.165) is 16.7 Å². The third-order valence-electron chi connectivity index (χ3n) is 3.15. The van der Waals surface area contributed by atoms with Crippen LogP contribution in [0.1, 0.15) is 16.7 Å². The Balaban J connectivity index is 2.64. The first-order valence-electron chi connectivity index (χ1n) is 5.60. The number of phenols is 2. The molecule has 0 aromatic heterocycles. The van der Waals surface area contributed by atoms with Crippen molar-refractivity contribution in [2.45, 2.75) is 20.8 Å². The van der Waals surface area contributed by atoms with Gasteiger partial charge in [0.25, 0.3) is 0 Å². The van der Waals surface area contributed by atoms with Crippen molar-refractivity contribution in [3.63, 3.8) is 0 Å². The van der Waals surface area contributed by atoms with E-state index in [2.05, 4.69) is 0 Å². The van der Waals surface area contributed by atoms with E-state index >= 15 is 0 Å². The Morgan fingerprint density at radius 3 is 2.00 bits per heavy atom. The molecule has 2 N–H and O–H groups in total. The molecule has 2 heteroatoms. The highest BCUT2D eigenvalue weighted by Gasteiger charge is 2.13. The van der Waals surface area contributed by atoms with Gasteiger partial charge in [0, 0.05) is 5.56 Å². The first-order valence-corrected chi connectivity index (χ1v) is 5.60. The van der Waals surface area contributed by atoms with Crippen LogP contribution < -0.4 is 0 Å². The zero-order chi connectivity index (χ0) is 12.6. The summed E-state index contributed by atoms with van der Waals surface area (Å²) in [4.78, 5) is 0. The van der Waals surface area contributed by atoms with Gasteiger partial charge in [-0.3, -0.25) is 0 Å². The molecule has 2 nitrogen and oxygen atoms in total. The quantitative estimate of drug-likeness (QED) is 0.731. The molecular weight excluding hydrogens is 212 g/mol. The van der Waals surface area contributed by atoms with Crippen LogP contribution in [-0.4, -0.2) is 10.2 Å². The maximum Gasteiger partial charge on any atom is 0.165 e. The minimum absolute atomic E-state index is 0.0272. The van der Waals surface area contributed by atoms with Crippen molar-refractivity contribution in [3.8, 4) is 22.6 Å². The molecule has 0 radical (unpaired) electrons. The summed E-state index contributed by atoms with van der Waals surface area (Å²) in [6, 6.07) is 9.76. The van der Waals surface area contributed by atoms with Gasteiger partial charge in [-0.05, 0) is 43.5 Å². The molecule has 0 unspecified atom stereocenters. The van der Waals surface area contributed by atoms with Crippen LogP contribution in [-0.2, 0) is 0 Å². The van der Waals surface area contributed by atoms with E-state index in [1.54, 1.807) is 6.92 Å². The Labute approximate surface area is 101 Å². The van der Waals surface area contributed by atoms with Gasteiger partial charge in [-0.25, -0.2) is 0 Å². The van der Waals surface area contributed by atoms with E-state index in [-0.39, 0.29) is 11.5 Å². The zero-order valence-electron chi connectivity index (χ0n) is 10.3. The van der Waals surface area contributed by atoms with Gasteiger partial charge in [0.15, 0.2) is 11.5 Å². The molecule has 0 amide bonds. The molecule has 0 bridgehead atoms. The second kappa shape index (κ2) is 4.13. The smallest absolute Gasteiger partial charge is 0.165 e. The van der Waals surface area contributed by atoms with Crippen molar-refractivity contribution in [3.05, 3.63) is 47.0 Å². The molecule has 0 saturated heterocycles. The lowest BCUT2D eigenvalue weighted by atomic mass is 9.97. The van der Waals surface area contributed by atoms with Gasteiger partial charge in [0.1, 0.15) is 0 Å². The first kappa shape index (κ1) is 11.5. The number of phenolic OH excluding ortho intramolecular Hbond substituents is 2. The fraction of sp³-hybridized carbons (Fsp3) is 0.200. The van der Waals surface area contributed by atoms with Gasteiger partial charge >= 0.3 is 0 Å². The minimum atomic E-state index is -0.0445. The maximum atomic E-state index is 9.98. The Morgan fingerprint density at radius 1 is 0.824 bits per heavy atom. The topological polar surface area (TPSA) is 40.5 Å². The van der Waals surface area contributed by atoms with Crippen molar-refractivity contribution >= 4 is 0 Å². The average Bonchev–Trinajstić information content (AvgIpc) is 2.32. The lowest BCUT2D eigenvalue weighted by molar-refractivity contribution is 0.402. The third-order valence-corrected chi connectivity index (χ3v) is 3.15. The molecule has 88 valence electrons. The number of aryl methyl sites for hydroxylation is 2. The number of hydrogen-bond acceptors (Lipinski definition) is 2. The highest BCUT2D eigenvalue weighted by atomic mass is 16.3. The summed E-state index contributed by atoms with van der Waals surface area (Å²) in [6.45, 7) is 5.73. The van der Waals surface area contributed by atoms with Gasteiger partial charge in [0.2, 0.25) is 0 Å². The lowest BCUT2D eigenvalue weighted by Crippen LogP contribution is -1.87. The fourth-order valence-corrected chi connectivity index (χ4v) is 1.84. The molecule has 0 aliphatic carbocycles. The van der Waals surface area contributed by atoms with Crippen molar-refractivity contribution < 1.29 is 10.2 Å². The lowest BCUT2D eigenvalue weighted by Gasteiger charge is -2.11. The monoisotopic (exact) mass is 228 g/mol. The van der Waals surface area contributed by atoms with Crippen LogP contribution in [0.2, 0.25) is 0 Å². The second-order valence-corrected chi connectivity index (χ2v) is 4.43. The average molecular weight is 228 g/mol. The number of rotatable bonds is 1. The highest BCUT2D eigenvalue weighted by Crippen LogP contribution is 2.40. The molecule has 0 aliphatic rings. The van der Waals surface area contributed by atoms with Crippen LogP contribution in [0.3, 0.4) is 0 Å². The molecule has 0 aliphatic heterocycles. The number of hydrogen-bond donors (Lipinski definition) is 2. The van der Waals surface area contributed by atoms with Crippen molar-refractivity contribution in [1.82, 2.24) is 0 Å². The van der Waals surface area contributed by atoms with Gasteiger partial charge in [-0.2, -0.15) is 0 Å². The molecule has 2 rings (SSSR count). The zero-order valence-corrected chi connectivity index (χ0v) is 10.3. The Kier molecular flexibility index (Phi) is 2.80. The van der Waals surface area contributed by atoms with Gasteiger partial charge in [-0.1, -0.05) is 29.8 Å². The molecule has 0 atom stereocenters. The molecule has 0 fully saturated rings. The third kappa shape index (κ3) is 1.98. The molecule has 2 aromatic rings. The van der Waals surface area contributed by atoms with Crippen LogP contribution in [0.4, 0.5) is 0 Å². The van der Waals surface area contributed by atoms with E-state index < -0.39 is 0 Å². The normalized spacial score (nSPS) is 10.5. The summed E-state index contributed by atoms with van der Waals surface area (Å²) in [5.41, 5.74) is 4.44. The fourth-order valence-electron chi connectivity index (χ4n) is 1.84. The predicted molar refractivity (Wildman–Crippen MR) is 69.4 cm³/mol. The summed E-state index contributed by atoms with van der Waals surface area (Å²) in [6.07, 6.45) is 0. The SMILES string of the molecule is Cc1ccc(-c2cc(C)c(C)c(O)c2O)cc1. The van der Waals surface area contributed by atoms with Gasteiger partial charge in [0.05, 0.1) is 0 Å². The summed E-state index contributed by atoms with van der Waals surface area (Å²) in [5, 5.41) is 19.8. The number of aromatic hydroxyl groups is 2. The summed E-state index contributed by atoms with van der Waals surface area (Å²) in [7, 11) is 0. The minimum Gasteiger partial charge on any atom is -0.504 e. The van der Waals surface area contributed by atoms with Gasteiger partial charge < -0.3 is 10.2 Å². The van der Waals surface area contributed by atoms with E-state index in [1.165, 1.54) is 5.56 Å². The molecule has 0 saturated carbocycles. The van der Waals surface area contributed by atoms with Crippen LogP contribution in [0.25, 0.3) is 11.1 Å². The van der Waals surface area contributed by atoms with Gasteiger partial charge in [-0.15, -0.1) is 0 Å². The largest absolute Gasteiger partial charge is 0.504 e. The molecule has 2 aromatic carbocycles. The number of benzene rings is 2. The predicted octanol–water partition coefficient (Wildman–Crippen LogP) is 3.69. The first-order chi connectivity index (χ1) is 8.00. The van der Waals surface area contributed by atoms with Crippen LogP contribution in [0.15, 0.2) is 30.3 Å². The second-order valence-electron chi connectivity index (χ2n) is 4.43. The van der Waals surface area contributed by atoms with Crippen LogP contribution in [0, 0.1) is 20.8 Å². The summed E-state index contributed by atoms with van der Waals surface area (Å²) >= 11 is 0. The Bertz CT molecular complexity index is 554. The van der Waals surface area contributed by atoms with E-state index in [0.29, 0.717) is 5.56 Å². The maximum absolute atomic E-state index is 9.98. The van der Waals surface area contributed by atoms with Crippen LogP contribution >= 0.6 is 0 Å². The molecular formula is C15H16O2. The van der Waals surface area contributed by atoms with E-state index in [4.69, 9.17) is 0 Å². The van der Waals surface area contributed by atoms with Crippen molar-refractivity contribution in [1.29, 1.82) is 0 Å². The summed E-state index contributed by atoms with van der Waals surface area (Å²) in [5.74, 6) is -0.0717. The molecule has 17 heavy (non-hydrogen) atoms.